The Morgan fingerprint density at radius 3 is 2.29 bits per heavy atom. The molecule has 3 fully saturated rings. The predicted molar refractivity (Wildman–Crippen MR) is 80.8 cm³/mol. The van der Waals surface area contributed by atoms with Crippen molar-refractivity contribution >= 4 is 11.9 Å². The first-order chi connectivity index (χ1) is 10.1. The molecule has 2 aliphatic heterocycles. The summed E-state index contributed by atoms with van der Waals surface area (Å²) in [6, 6.07) is 0.474. The molecule has 1 unspecified atom stereocenters. The largest absolute Gasteiger partial charge is 0.342 e. The monoisotopic (exact) mass is 293 g/mol. The molecule has 3 rings (SSSR count). The van der Waals surface area contributed by atoms with Gasteiger partial charge in [0.15, 0.2) is 0 Å². The summed E-state index contributed by atoms with van der Waals surface area (Å²) in [7, 11) is 0. The Hall–Kier alpha value is -1.26. The molecule has 1 N–H and O–H groups in total. The van der Waals surface area contributed by atoms with Crippen LogP contribution < -0.4 is 5.32 Å². The number of hydrogen-bond donors (Lipinski definition) is 1. The van der Waals surface area contributed by atoms with Crippen LogP contribution >= 0.6 is 0 Å². The number of urea groups is 1. The fourth-order valence-electron chi connectivity index (χ4n) is 3.47. The zero-order chi connectivity index (χ0) is 14.8. The molecule has 0 aromatic carbocycles. The lowest BCUT2D eigenvalue weighted by Gasteiger charge is -2.37. The Balaban J connectivity index is 1.46. The van der Waals surface area contributed by atoms with Gasteiger partial charge in [-0.1, -0.05) is 6.92 Å². The molecule has 21 heavy (non-hydrogen) atoms. The first-order valence-corrected chi connectivity index (χ1v) is 8.47. The maximum absolute atomic E-state index is 12.6. The summed E-state index contributed by atoms with van der Waals surface area (Å²) in [5.41, 5.74) is 0. The van der Waals surface area contributed by atoms with Crippen molar-refractivity contribution < 1.29 is 9.59 Å². The van der Waals surface area contributed by atoms with E-state index in [0.717, 1.165) is 58.3 Å². The van der Waals surface area contributed by atoms with Crippen LogP contribution in [0.4, 0.5) is 4.79 Å². The topological polar surface area (TPSA) is 52.7 Å². The van der Waals surface area contributed by atoms with Crippen molar-refractivity contribution in [2.45, 2.75) is 51.5 Å². The first kappa shape index (κ1) is 14.7. The van der Waals surface area contributed by atoms with Crippen molar-refractivity contribution in [3.63, 3.8) is 0 Å². The lowest BCUT2D eigenvalue weighted by molar-refractivity contribution is -0.138. The van der Waals surface area contributed by atoms with E-state index in [1.807, 2.05) is 4.90 Å². The van der Waals surface area contributed by atoms with Crippen molar-refractivity contribution in [2.75, 3.05) is 26.2 Å². The standard InChI is InChI=1S/C16H27N3O2/c1-12-3-2-8-19(11-12)15(20)13-6-9-18(10-7-13)16(21)17-14-4-5-14/h12-14H,2-11H2,1H3,(H,17,21). The molecule has 1 saturated carbocycles. The molecule has 1 aliphatic carbocycles. The van der Waals surface area contributed by atoms with E-state index in [1.165, 1.54) is 6.42 Å². The molecule has 2 saturated heterocycles. The van der Waals surface area contributed by atoms with E-state index < -0.39 is 0 Å². The van der Waals surface area contributed by atoms with Crippen LogP contribution in [-0.2, 0) is 4.79 Å². The van der Waals surface area contributed by atoms with Crippen molar-refractivity contribution in [3.8, 4) is 0 Å². The second-order valence-corrected chi connectivity index (χ2v) is 7.02. The van der Waals surface area contributed by atoms with Gasteiger partial charge in [0.25, 0.3) is 0 Å². The highest BCUT2D eigenvalue weighted by molar-refractivity contribution is 5.80. The lowest BCUT2D eigenvalue weighted by atomic mass is 9.93. The average molecular weight is 293 g/mol. The van der Waals surface area contributed by atoms with E-state index in [9.17, 15) is 9.59 Å². The van der Waals surface area contributed by atoms with Gasteiger partial charge in [-0.3, -0.25) is 4.79 Å². The van der Waals surface area contributed by atoms with Crippen molar-refractivity contribution in [2.24, 2.45) is 11.8 Å². The fraction of sp³-hybridized carbons (Fsp3) is 0.875. The van der Waals surface area contributed by atoms with E-state index in [2.05, 4.69) is 17.1 Å². The number of piperidine rings is 2. The molecule has 3 amide bonds. The van der Waals surface area contributed by atoms with Crippen molar-refractivity contribution in [3.05, 3.63) is 0 Å². The van der Waals surface area contributed by atoms with Gasteiger partial charge in [-0.2, -0.15) is 0 Å². The molecule has 1 atom stereocenters. The minimum atomic E-state index is 0.0648. The molecule has 0 aromatic heterocycles. The van der Waals surface area contributed by atoms with Gasteiger partial charge < -0.3 is 15.1 Å². The van der Waals surface area contributed by atoms with Crippen LogP contribution in [-0.4, -0.2) is 54.0 Å². The molecule has 0 radical (unpaired) electrons. The van der Waals surface area contributed by atoms with Crippen LogP contribution in [0.1, 0.15) is 45.4 Å². The highest BCUT2D eigenvalue weighted by Crippen LogP contribution is 2.24. The molecule has 5 nitrogen and oxygen atoms in total. The van der Waals surface area contributed by atoms with Gasteiger partial charge in [0.2, 0.25) is 5.91 Å². The summed E-state index contributed by atoms with van der Waals surface area (Å²) in [6.45, 7) is 5.51. The van der Waals surface area contributed by atoms with Crippen LogP contribution in [0, 0.1) is 11.8 Å². The molecule has 5 heteroatoms. The number of rotatable bonds is 2. The van der Waals surface area contributed by atoms with Crippen LogP contribution in [0.15, 0.2) is 0 Å². The van der Waals surface area contributed by atoms with E-state index in [1.54, 1.807) is 0 Å². The summed E-state index contributed by atoms with van der Waals surface area (Å²) in [5.74, 6) is 1.08. The van der Waals surface area contributed by atoms with Gasteiger partial charge >= 0.3 is 6.03 Å². The third kappa shape index (κ3) is 3.69. The van der Waals surface area contributed by atoms with Gasteiger partial charge in [-0.15, -0.1) is 0 Å². The van der Waals surface area contributed by atoms with Gasteiger partial charge in [0.1, 0.15) is 0 Å². The van der Waals surface area contributed by atoms with Crippen LogP contribution in [0.5, 0.6) is 0 Å². The molecule has 0 spiro atoms. The average Bonchev–Trinajstić information content (AvgIpc) is 3.30. The fourth-order valence-corrected chi connectivity index (χ4v) is 3.47. The Labute approximate surface area is 127 Å². The van der Waals surface area contributed by atoms with E-state index >= 15 is 0 Å². The van der Waals surface area contributed by atoms with Crippen molar-refractivity contribution in [1.29, 1.82) is 0 Å². The zero-order valence-corrected chi connectivity index (χ0v) is 13.0. The number of likely N-dealkylation sites (tertiary alicyclic amines) is 2. The van der Waals surface area contributed by atoms with Gasteiger partial charge in [0.05, 0.1) is 0 Å². The molecular formula is C16H27N3O2. The highest BCUT2D eigenvalue weighted by atomic mass is 16.2. The molecule has 0 bridgehead atoms. The summed E-state index contributed by atoms with van der Waals surface area (Å²) >= 11 is 0. The number of nitrogens with zero attached hydrogens (tertiary/aromatic N) is 2. The molecule has 118 valence electrons. The number of amides is 3. The molecule has 3 aliphatic rings. The summed E-state index contributed by atoms with van der Waals surface area (Å²) in [5, 5.41) is 3.03. The molecule has 2 heterocycles. The smallest absolute Gasteiger partial charge is 0.317 e. The minimum absolute atomic E-state index is 0.0648. The number of carbonyl (C=O) groups excluding carboxylic acids is 2. The second-order valence-electron chi connectivity index (χ2n) is 7.02. The zero-order valence-electron chi connectivity index (χ0n) is 13.0. The normalized spacial score (nSPS) is 27.6. The van der Waals surface area contributed by atoms with Gasteiger partial charge in [-0.25, -0.2) is 4.79 Å². The van der Waals surface area contributed by atoms with E-state index in [0.29, 0.717) is 17.9 Å². The quantitative estimate of drug-likeness (QED) is 0.844. The highest BCUT2D eigenvalue weighted by Gasteiger charge is 2.33. The van der Waals surface area contributed by atoms with Crippen LogP contribution in [0.3, 0.4) is 0 Å². The van der Waals surface area contributed by atoms with Crippen LogP contribution in [0.25, 0.3) is 0 Å². The first-order valence-electron chi connectivity index (χ1n) is 8.47. The second kappa shape index (κ2) is 6.24. The van der Waals surface area contributed by atoms with Crippen LogP contribution in [0.2, 0.25) is 0 Å². The summed E-state index contributed by atoms with van der Waals surface area (Å²) in [6.07, 6.45) is 6.25. The van der Waals surface area contributed by atoms with Crippen molar-refractivity contribution in [1.82, 2.24) is 15.1 Å². The third-order valence-electron chi connectivity index (χ3n) is 5.01. The SMILES string of the molecule is CC1CCCN(C(=O)C2CCN(C(=O)NC3CC3)CC2)C1. The molecule has 0 aromatic rings. The Morgan fingerprint density at radius 1 is 0.952 bits per heavy atom. The maximum atomic E-state index is 12.6. The number of carbonyl (C=O) groups is 2. The number of hydrogen-bond acceptors (Lipinski definition) is 2. The predicted octanol–water partition coefficient (Wildman–Crippen LogP) is 1.83. The Bertz CT molecular complexity index is 400. The number of nitrogens with one attached hydrogen (secondary N) is 1. The maximum Gasteiger partial charge on any atom is 0.317 e. The lowest BCUT2D eigenvalue weighted by Crippen LogP contribution is -2.49. The molecular weight excluding hydrogens is 266 g/mol. The summed E-state index contributed by atoms with van der Waals surface area (Å²) < 4.78 is 0. The Kier molecular flexibility index (Phi) is 4.36. The van der Waals surface area contributed by atoms with Gasteiger partial charge in [-0.05, 0) is 44.4 Å². The summed E-state index contributed by atoms with van der Waals surface area (Å²) in [4.78, 5) is 28.5. The van der Waals surface area contributed by atoms with E-state index in [-0.39, 0.29) is 11.9 Å². The van der Waals surface area contributed by atoms with Gasteiger partial charge in [0, 0.05) is 38.1 Å². The third-order valence-corrected chi connectivity index (χ3v) is 5.01. The Morgan fingerprint density at radius 2 is 1.67 bits per heavy atom. The minimum Gasteiger partial charge on any atom is -0.342 e. The van der Waals surface area contributed by atoms with E-state index in [4.69, 9.17) is 0 Å².